The van der Waals surface area contributed by atoms with E-state index in [0.717, 1.165) is 10.6 Å². The summed E-state index contributed by atoms with van der Waals surface area (Å²) in [4.78, 5) is 0.865. The van der Waals surface area contributed by atoms with Crippen LogP contribution in [0.25, 0.3) is 0 Å². The van der Waals surface area contributed by atoms with Crippen molar-refractivity contribution >= 4 is 28.2 Å². The van der Waals surface area contributed by atoms with Crippen molar-refractivity contribution in [1.82, 2.24) is 0 Å². The summed E-state index contributed by atoms with van der Waals surface area (Å²) in [6, 6.07) is 0. The molecule has 4 heteroatoms. The minimum absolute atomic E-state index is 0.300. The second-order valence-corrected chi connectivity index (χ2v) is 19.7. The van der Waals surface area contributed by atoms with Gasteiger partial charge in [0.15, 0.2) is 0 Å². The molecule has 1 heterocycles. The Morgan fingerprint density at radius 1 is 1.17 bits per heavy atom. The molecule has 0 N–H and O–H groups in total. The monoisotopic (exact) mass is 302 g/mol. The normalized spacial score (nSPS) is 22.7. The molecule has 0 aromatic rings. The molecule has 0 saturated heterocycles. The van der Waals surface area contributed by atoms with Gasteiger partial charge in [-0.25, -0.2) is 0 Å². The molecule has 0 aliphatic carbocycles. The zero-order valence-electron chi connectivity index (χ0n) is 13.4. The summed E-state index contributed by atoms with van der Waals surface area (Å²) in [6.45, 7) is 19.0. The number of thioether (sulfide) groups is 1. The Balaban J connectivity index is 2.65. The van der Waals surface area contributed by atoms with Crippen molar-refractivity contribution in [3.63, 3.8) is 0 Å². The molecule has 18 heavy (non-hydrogen) atoms. The van der Waals surface area contributed by atoms with Crippen LogP contribution in [-0.4, -0.2) is 27.0 Å². The first kappa shape index (κ1) is 16.4. The zero-order valence-corrected chi connectivity index (χ0v) is 16.2. The Labute approximate surface area is 120 Å². The van der Waals surface area contributed by atoms with E-state index in [1.54, 1.807) is 0 Å². The Kier molecular flexibility index (Phi) is 4.88. The highest BCUT2D eigenvalue weighted by Crippen LogP contribution is 2.40. The number of allylic oxidation sites excluding steroid dienone is 1. The van der Waals surface area contributed by atoms with Gasteiger partial charge < -0.3 is 4.43 Å². The SMILES string of the molecule is CC(C)(C)[Si](C)(C)OC1=CCC([Si](C)(C)C)SC1. The van der Waals surface area contributed by atoms with Crippen LogP contribution >= 0.6 is 11.8 Å². The summed E-state index contributed by atoms with van der Waals surface area (Å²) in [6.07, 6.45) is 3.59. The van der Waals surface area contributed by atoms with E-state index in [4.69, 9.17) is 4.43 Å². The van der Waals surface area contributed by atoms with Crippen LogP contribution in [0.3, 0.4) is 0 Å². The molecule has 0 fully saturated rings. The maximum Gasteiger partial charge on any atom is 0.250 e. The maximum absolute atomic E-state index is 6.40. The van der Waals surface area contributed by atoms with Gasteiger partial charge in [0.25, 0.3) is 0 Å². The summed E-state index contributed by atoms with van der Waals surface area (Å²) >= 11 is 2.12. The smallest absolute Gasteiger partial charge is 0.250 e. The predicted octanol–water partition coefficient (Wildman–Crippen LogP) is 5.28. The highest BCUT2D eigenvalue weighted by molar-refractivity contribution is 8.01. The largest absolute Gasteiger partial charge is 0.546 e. The fraction of sp³-hybridized carbons (Fsp3) is 0.857. The molecule has 0 spiro atoms. The van der Waals surface area contributed by atoms with Gasteiger partial charge in [-0.3, -0.25) is 0 Å². The van der Waals surface area contributed by atoms with Gasteiger partial charge in [-0.1, -0.05) is 40.4 Å². The van der Waals surface area contributed by atoms with Crippen molar-refractivity contribution in [1.29, 1.82) is 0 Å². The average Bonchev–Trinajstić information content (AvgIpc) is 2.14. The van der Waals surface area contributed by atoms with Crippen LogP contribution in [0, 0.1) is 0 Å². The van der Waals surface area contributed by atoms with Crippen LogP contribution in [0.5, 0.6) is 0 Å². The van der Waals surface area contributed by atoms with Crippen LogP contribution in [0.2, 0.25) is 37.8 Å². The van der Waals surface area contributed by atoms with Gasteiger partial charge in [0, 0.05) is 10.6 Å². The first-order valence-electron chi connectivity index (χ1n) is 6.93. The van der Waals surface area contributed by atoms with Crippen molar-refractivity contribution in [2.75, 3.05) is 5.75 Å². The topological polar surface area (TPSA) is 9.23 Å². The standard InChI is InChI=1S/C14H30OSSi2/c1-14(2,3)18(7,8)15-12-9-10-13(16-11-12)17(4,5)6/h9,13H,10-11H2,1-8H3. The van der Waals surface area contributed by atoms with Crippen LogP contribution in [0.4, 0.5) is 0 Å². The molecule has 0 amide bonds. The molecule has 1 aliphatic rings. The van der Waals surface area contributed by atoms with E-state index in [2.05, 4.69) is 71.3 Å². The first-order valence-corrected chi connectivity index (χ1v) is 14.5. The van der Waals surface area contributed by atoms with Gasteiger partial charge in [-0.05, 0) is 30.6 Å². The lowest BCUT2D eigenvalue weighted by Crippen LogP contribution is -2.42. The Hall–Kier alpha value is 0.324. The van der Waals surface area contributed by atoms with Crippen LogP contribution in [0.1, 0.15) is 27.2 Å². The van der Waals surface area contributed by atoms with Gasteiger partial charge in [0.05, 0.1) is 13.8 Å². The van der Waals surface area contributed by atoms with Crippen molar-refractivity contribution < 1.29 is 4.43 Å². The summed E-state index contributed by atoms with van der Waals surface area (Å²) in [5.41, 5.74) is 0. The highest BCUT2D eigenvalue weighted by Gasteiger charge is 2.40. The van der Waals surface area contributed by atoms with Crippen molar-refractivity contribution in [2.24, 2.45) is 0 Å². The van der Waals surface area contributed by atoms with Crippen LogP contribution in [-0.2, 0) is 4.43 Å². The van der Waals surface area contributed by atoms with E-state index >= 15 is 0 Å². The van der Waals surface area contributed by atoms with E-state index in [0.29, 0.717) is 5.04 Å². The second kappa shape index (κ2) is 5.37. The third-order valence-corrected chi connectivity index (χ3v) is 14.4. The molecule has 0 aromatic heterocycles. The lowest BCUT2D eigenvalue weighted by Gasteiger charge is -2.39. The molecule has 0 aromatic carbocycles. The van der Waals surface area contributed by atoms with Gasteiger partial charge in [-0.15, -0.1) is 0 Å². The van der Waals surface area contributed by atoms with Gasteiger partial charge in [0.1, 0.15) is 0 Å². The molecule has 1 atom stereocenters. The molecule has 0 radical (unpaired) electrons. The number of hydrogen-bond donors (Lipinski definition) is 0. The van der Waals surface area contributed by atoms with Crippen molar-refractivity contribution in [3.8, 4) is 0 Å². The summed E-state index contributed by atoms with van der Waals surface area (Å²) < 4.78 is 6.40. The third kappa shape index (κ3) is 4.17. The fourth-order valence-electron chi connectivity index (χ4n) is 1.70. The van der Waals surface area contributed by atoms with Gasteiger partial charge in [-0.2, -0.15) is 11.8 Å². The number of rotatable bonds is 3. The molecule has 1 rings (SSSR count). The fourth-order valence-corrected chi connectivity index (χ4v) is 6.77. The predicted molar refractivity (Wildman–Crippen MR) is 90.6 cm³/mol. The van der Waals surface area contributed by atoms with Gasteiger partial charge >= 0.3 is 0 Å². The highest BCUT2D eigenvalue weighted by atomic mass is 32.2. The van der Waals surface area contributed by atoms with Gasteiger partial charge in [0.2, 0.25) is 8.32 Å². The Bertz CT molecular complexity index is 324. The summed E-state index contributed by atoms with van der Waals surface area (Å²) in [5.74, 6) is 2.34. The Morgan fingerprint density at radius 2 is 1.72 bits per heavy atom. The number of hydrogen-bond acceptors (Lipinski definition) is 2. The molecule has 1 aliphatic heterocycles. The molecule has 0 bridgehead atoms. The molecule has 0 saturated carbocycles. The minimum atomic E-state index is -1.63. The van der Waals surface area contributed by atoms with Crippen LogP contribution in [0.15, 0.2) is 11.8 Å². The van der Waals surface area contributed by atoms with E-state index in [9.17, 15) is 0 Å². The third-order valence-electron chi connectivity index (χ3n) is 4.14. The average molecular weight is 303 g/mol. The molecule has 106 valence electrons. The summed E-state index contributed by atoms with van der Waals surface area (Å²) in [5, 5.41) is 0.300. The van der Waals surface area contributed by atoms with Crippen LogP contribution < -0.4 is 0 Å². The maximum atomic E-state index is 6.40. The van der Waals surface area contributed by atoms with E-state index < -0.39 is 16.4 Å². The Morgan fingerprint density at radius 3 is 2.06 bits per heavy atom. The van der Waals surface area contributed by atoms with E-state index in [1.807, 2.05) is 0 Å². The van der Waals surface area contributed by atoms with Crippen molar-refractivity contribution in [2.45, 2.75) is 69.8 Å². The van der Waals surface area contributed by atoms with E-state index in [-0.39, 0.29) is 0 Å². The molecule has 1 unspecified atom stereocenters. The lowest BCUT2D eigenvalue weighted by molar-refractivity contribution is 0.385. The summed E-state index contributed by atoms with van der Waals surface area (Å²) in [7, 11) is -2.64. The molecule has 1 nitrogen and oxygen atoms in total. The first-order chi connectivity index (χ1) is 7.93. The van der Waals surface area contributed by atoms with E-state index in [1.165, 1.54) is 12.2 Å². The lowest BCUT2D eigenvalue weighted by atomic mass is 10.2. The quantitative estimate of drug-likeness (QED) is 0.656. The zero-order chi connectivity index (χ0) is 14.2. The second-order valence-electron chi connectivity index (χ2n) is 7.93. The molecular formula is C14H30OSSi2. The minimum Gasteiger partial charge on any atom is -0.546 e. The van der Waals surface area contributed by atoms with Crippen molar-refractivity contribution in [3.05, 3.63) is 11.8 Å². The molecular weight excluding hydrogens is 272 g/mol.